The molecule has 0 bridgehead atoms. The van der Waals surface area contributed by atoms with Gasteiger partial charge in [-0.05, 0) is 24.1 Å². The monoisotopic (exact) mass is 278 g/mol. The van der Waals surface area contributed by atoms with Crippen LogP contribution in [0.15, 0.2) is 42.6 Å². The molecule has 1 heterocycles. The van der Waals surface area contributed by atoms with E-state index in [0.717, 1.165) is 5.56 Å². The van der Waals surface area contributed by atoms with E-state index in [9.17, 15) is 13.2 Å². The van der Waals surface area contributed by atoms with E-state index in [1.807, 2.05) is 36.4 Å². The van der Waals surface area contributed by atoms with Gasteiger partial charge in [-0.1, -0.05) is 36.4 Å². The first-order chi connectivity index (χ1) is 9.53. The second kappa shape index (κ2) is 6.32. The number of aromatic nitrogens is 2. The van der Waals surface area contributed by atoms with Crippen molar-refractivity contribution < 1.29 is 13.2 Å². The lowest BCUT2D eigenvalue weighted by atomic mass is 10.2. The molecular formula is C15H13F3N2. The van der Waals surface area contributed by atoms with E-state index >= 15 is 0 Å². The summed E-state index contributed by atoms with van der Waals surface area (Å²) in [7, 11) is 0. The summed E-state index contributed by atoms with van der Waals surface area (Å²) in [6.45, 7) is 0. The summed E-state index contributed by atoms with van der Waals surface area (Å²) in [6, 6.07) is 11.1. The molecule has 2 nitrogen and oxygen atoms in total. The van der Waals surface area contributed by atoms with Crippen LogP contribution >= 0.6 is 0 Å². The fourth-order valence-electron chi connectivity index (χ4n) is 1.64. The molecule has 0 aliphatic rings. The molecular weight excluding hydrogens is 265 g/mol. The Hall–Kier alpha value is -2.17. The van der Waals surface area contributed by atoms with Crippen molar-refractivity contribution in [2.45, 2.75) is 19.0 Å². The minimum Gasteiger partial charge on any atom is -0.237 e. The van der Waals surface area contributed by atoms with E-state index in [2.05, 4.69) is 9.97 Å². The van der Waals surface area contributed by atoms with Crippen molar-refractivity contribution in [3.05, 3.63) is 59.7 Å². The third kappa shape index (κ3) is 4.84. The lowest BCUT2D eigenvalue weighted by Crippen LogP contribution is -2.09. The van der Waals surface area contributed by atoms with Crippen LogP contribution in [0.3, 0.4) is 0 Å². The highest BCUT2D eigenvalue weighted by Crippen LogP contribution is 2.21. The minimum absolute atomic E-state index is 0.127. The summed E-state index contributed by atoms with van der Waals surface area (Å²) >= 11 is 0. The molecule has 0 amide bonds. The molecule has 0 atom stereocenters. The average Bonchev–Trinajstić information content (AvgIpc) is 2.44. The molecule has 0 unspecified atom stereocenters. The quantitative estimate of drug-likeness (QED) is 0.840. The van der Waals surface area contributed by atoms with Gasteiger partial charge in [-0.25, -0.2) is 9.97 Å². The number of hydrogen-bond donors (Lipinski definition) is 0. The SMILES string of the molecule is FC(F)(F)CCc1ccnc(/C=C/c2ccccc2)n1. The molecule has 1 aromatic carbocycles. The Balaban J connectivity index is 2.04. The van der Waals surface area contributed by atoms with Crippen molar-refractivity contribution >= 4 is 12.2 Å². The molecule has 0 radical (unpaired) electrons. The van der Waals surface area contributed by atoms with Crippen LogP contribution in [-0.4, -0.2) is 16.1 Å². The third-order valence-corrected chi connectivity index (χ3v) is 2.62. The van der Waals surface area contributed by atoms with Gasteiger partial charge in [0.2, 0.25) is 0 Å². The fraction of sp³-hybridized carbons (Fsp3) is 0.200. The normalized spacial score (nSPS) is 11.9. The number of benzene rings is 1. The van der Waals surface area contributed by atoms with Crippen LogP contribution in [0.2, 0.25) is 0 Å². The van der Waals surface area contributed by atoms with E-state index in [-0.39, 0.29) is 6.42 Å². The molecule has 0 aliphatic carbocycles. The predicted octanol–water partition coefficient (Wildman–Crippen LogP) is 4.14. The highest BCUT2D eigenvalue weighted by atomic mass is 19.4. The van der Waals surface area contributed by atoms with Crippen molar-refractivity contribution in [2.75, 3.05) is 0 Å². The first-order valence-corrected chi connectivity index (χ1v) is 6.15. The van der Waals surface area contributed by atoms with Crippen molar-refractivity contribution in [3.63, 3.8) is 0 Å². The van der Waals surface area contributed by atoms with Crippen LogP contribution < -0.4 is 0 Å². The van der Waals surface area contributed by atoms with Gasteiger partial charge in [-0.3, -0.25) is 0 Å². The van der Waals surface area contributed by atoms with Gasteiger partial charge in [0.05, 0.1) is 0 Å². The van der Waals surface area contributed by atoms with E-state index in [4.69, 9.17) is 0 Å². The predicted molar refractivity (Wildman–Crippen MR) is 71.8 cm³/mol. The van der Waals surface area contributed by atoms with E-state index in [1.54, 1.807) is 6.08 Å². The zero-order valence-electron chi connectivity index (χ0n) is 10.6. The summed E-state index contributed by atoms with van der Waals surface area (Å²) in [5.74, 6) is 0.411. The first kappa shape index (κ1) is 14.2. The molecule has 104 valence electrons. The van der Waals surface area contributed by atoms with Crippen molar-refractivity contribution in [1.29, 1.82) is 0 Å². The van der Waals surface area contributed by atoms with Crippen LogP contribution in [0.1, 0.15) is 23.5 Å². The van der Waals surface area contributed by atoms with Gasteiger partial charge in [0.1, 0.15) is 0 Å². The summed E-state index contributed by atoms with van der Waals surface area (Å²) in [4.78, 5) is 8.11. The van der Waals surface area contributed by atoms with Gasteiger partial charge in [0.15, 0.2) is 5.82 Å². The Morgan fingerprint density at radius 3 is 2.45 bits per heavy atom. The highest BCUT2D eigenvalue weighted by molar-refractivity contribution is 5.66. The fourth-order valence-corrected chi connectivity index (χ4v) is 1.64. The second-order valence-corrected chi connectivity index (χ2v) is 4.27. The summed E-state index contributed by atoms with van der Waals surface area (Å²) < 4.78 is 36.5. The Morgan fingerprint density at radius 1 is 1.00 bits per heavy atom. The Kier molecular flexibility index (Phi) is 4.50. The number of hydrogen-bond acceptors (Lipinski definition) is 2. The minimum atomic E-state index is -4.16. The van der Waals surface area contributed by atoms with Gasteiger partial charge < -0.3 is 0 Å². The van der Waals surface area contributed by atoms with E-state index in [1.165, 1.54) is 12.3 Å². The van der Waals surface area contributed by atoms with Gasteiger partial charge in [-0.2, -0.15) is 13.2 Å². The number of aryl methyl sites for hydroxylation is 1. The largest absolute Gasteiger partial charge is 0.389 e. The van der Waals surface area contributed by atoms with Crippen molar-refractivity contribution in [3.8, 4) is 0 Å². The van der Waals surface area contributed by atoms with Crippen LogP contribution in [0.4, 0.5) is 13.2 Å². The van der Waals surface area contributed by atoms with Crippen LogP contribution in [0, 0.1) is 0 Å². The van der Waals surface area contributed by atoms with Gasteiger partial charge in [-0.15, -0.1) is 0 Å². The van der Waals surface area contributed by atoms with Crippen molar-refractivity contribution in [1.82, 2.24) is 9.97 Å². The highest BCUT2D eigenvalue weighted by Gasteiger charge is 2.26. The number of rotatable bonds is 4. The zero-order valence-corrected chi connectivity index (χ0v) is 10.6. The molecule has 2 aromatic rings. The molecule has 0 spiro atoms. The summed E-state index contributed by atoms with van der Waals surface area (Å²) in [5, 5.41) is 0. The molecule has 0 saturated heterocycles. The summed E-state index contributed by atoms with van der Waals surface area (Å²) in [5.41, 5.74) is 1.38. The maximum absolute atomic E-state index is 12.2. The molecule has 0 aliphatic heterocycles. The second-order valence-electron chi connectivity index (χ2n) is 4.27. The van der Waals surface area contributed by atoms with Gasteiger partial charge >= 0.3 is 6.18 Å². The Labute approximate surface area is 115 Å². The maximum atomic E-state index is 12.2. The lowest BCUT2D eigenvalue weighted by molar-refractivity contribution is -0.134. The van der Waals surface area contributed by atoms with E-state index in [0.29, 0.717) is 11.5 Å². The number of alkyl halides is 3. The average molecular weight is 278 g/mol. The zero-order chi connectivity index (χ0) is 14.4. The molecule has 20 heavy (non-hydrogen) atoms. The first-order valence-electron chi connectivity index (χ1n) is 6.15. The smallest absolute Gasteiger partial charge is 0.237 e. The Bertz CT molecular complexity index is 577. The van der Waals surface area contributed by atoms with E-state index < -0.39 is 12.6 Å². The molecule has 5 heteroatoms. The molecule has 0 fully saturated rings. The van der Waals surface area contributed by atoms with Gasteiger partial charge in [0.25, 0.3) is 0 Å². The standard InChI is InChI=1S/C15H13F3N2/c16-15(17,18)10-8-13-9-11-19-14(20-13)7-6-12-4-2-1-3-5-12/h1-7,9,11H,8,10H2/b7-6+. The molecule has 1 aromatic heterocycles. The topological polar surface area (TPSA) is 25.8 Å². The number of nitrogens with zero attached hydrogens (tertiary/aromatic N) is 2. The van der Waals surface area contributed by atoms with Crippen molar-refractivity contribution in [2.24, 2.45) is 0 Å². The number of halogens is 3. The third-order valence-electron chi connectivity index (χ3n) is 2.62. The molecule has 0 saturated carbocycles. The maximum Gasteiger partial charge on any atom is 0.389 e. The van der Waals surface area contributed by atoms with Gasteiger partial charge in [0, 0.05) is 18.3 Å². The lowest BCUT2D eigenvalue weighted by Gasteiger charge is -2.05. The Morgan fingerprint density at radius 2 is 1.75 bits per heavy atom. The molecule has 2 rings (SSSR count). The van der Waals surface area contributed by atoms with Crippen LogP contribution in [-0.2, 0) is 6.42 Å². The summed E-state index contributed by atoms with van der Waals surface area (Å²) in [6.07, 6.45) is -0.173. The van der Waals surface area contributed by atoms with Crippen LogP contribution in [0.5, 0.6) is 0 Å². The molecule has 0 N–H and O–H groups in total. The van der Waals surface area contributed by atoms with Crippen LogP contribution in [0.25, 0.3) is 12.2 Å².